The highest BCUT2D eigenvalue weighted by molar-refractivity contribution is 7.98. The molecule has 0 unspecified atom stereocenters. The second kappa shape index (κ2) is 6.97. The first-order valence-corrected chi connectivity index (χ1v) is 5.03. The first kappa shape index (κ1) is 11.3. The van der Waals surface area contributed by atoms with Gasteiger partial charge in [-0.3, -0.25) is 4.79 Å². The third-order valence-electron chi connectivity index (χ3n) is 1.41. The van der Waals surface area contributed by atoms with Crippen molar-refractivity contribution in [3.8, 4) is 0 Å². The molecule has 0 saturated carbocycles. The second-order valence-corrected chi connectivity index (χ2v) is 3.30. The first-order valence-electron chi connectivity index (χ1n) is 3.63. The Balaban J connectivity index is 3.63. The van der Waals surface area contributed by atoms with Gasteiger partial charge in [0.2, 0.25) is 6.41 Å². The van der Waals surface area contributed by atoms with Gasteiger partial charge in [-0.15, -0.1) is 0 Å². The second-order valence-electron chi connectivity index (χ2n) is 2.31. The van der Waals surface area contributed by atoms with E-state index in [0.717, 1.165) is 12.2 Å². The number of nitrogens with one attached hydrogen (secondary N) is 1. The van der Waals surface area contributed by atoms with E-state index < -0.39 is 12.0 Å². The molecule has 0 aromatic rings. The summed E-state index contributed by atoms with van der Waals surface area (Å²) in [4.78, 5) is 20.4. The Morgan fingerprint density at radius 3 is 2.83 bits per heavy atom. The van der Waals surface area contributed by atoms with Gasteiger partial charge < -0.3 is 10.4 Å². The van der Waals surface area contributed by atoms with Crippen LogP contribution in [0.1, 0.15) is 12.8 Å². The zero-order valence-corrected chi connectivity index (χ0v) is 7.76. The van der Waals surface area contributed by atoms with Crippen molar-refractivity contribution in [1.29, 1.82) is 0 Å². The van der Waals surface area contributed by atoms with E-state index in [-0.39, 0.29) is 0 Å². The van der Waals surface area contributed by atoms with Crippen molar-refractivity contribution in [2.75, 3.05) is 12.0 Å². The van der Waals surface area contributed by atoms with Crippen LogP contribution >= 0.6 is 11.8 Å². The van der Waals surface area contributed by atoms with Crippen LogP contribution in [0.15, 0.2) is 0 Å². The molecule has 0 rings (SSSR count). The lowest BCUT2D eigenvalue weighted by Crippen LogP contribution is -2.35. The van der Waals surface area contributed by atoms with E-state index in [1.807, 2.05) is 6.26 Å². The highest BCUT2D eigenvalue weighted by Crippen LogP contribution is 2.02. The van der Waals surface area contributed by atoms with Crippen molar-refractivity contribution in [2.45, 2.75) is 18.9 Å². The lowest BCUT2D eigenvalue weighted by atomic mass is 10.2. The molecule has 0 radical (unpaired) electrons. The zero-order chi connectivity index (χ0) is 9.40. The monoisotopic (exact) mass is 191 g/mol. The van der Waals surface area contributed by atoms with Crippen LogP contribution in [0.3, 0.4) is 0 Å². The SMILES string of the molecule is CSCCC[C@H](NC=O)C(=O)O. The number of amides is 1. The number of hydrogen-bond donors (Lipinski definition) is 2. The minimum Gasteiger partial charge on any atom is -0.480 e. The summed E-state index contributed by atoms with van der Waals surface area (Å²) in [6.07, 6.45) is 3.69. The van der Waals surface area contributed by atoms with Gasteiger partial charge in [0.05, 0.1) is 0 Å². The van der Waals surface area contributed by atoms with Crippen LogP contribution in [0, 0.1) is 0 Å². The van der Waals surface area contributed by atoms with Crippen LogP contribution in [0.25, 0.3) is 0 Å². The topological polar surface area (TPSA) is 66.4 Å². The molecule has 70 valence electrons. The molecule has 0 spiro atoms. The predicted molar refractivity (Wildman–Crippen MR) is 48.2 cm³/mol. The minimum absolute atomic E-state index is 0.428. The lowest BCUT2D eigenvalue weighted by molar-refractivity contribution is -0.140. The Kier molecular flexibility index (Phi) is 6.55. The van der Waals surface area contributed by atoms with Crippen LogP contribution < -0.4 is 5.32 Å². The number of thioether (sulfide) groups is 1. The van der Waals surface area contributed by atoms with Crippen LogP contribution in [-0.2, 0) is 9.59 Å². The van der Waals surface area contributed by atoms with E-state index >= 15 is 0 Å². The molecule has 4 nitrogen and oxygen atoms in total. The number of aliphatic carboxylic acids is 1. The molecule has 12 heavy (non-hydrogen) atoms. The molecular formula is C7H13NO3S. The molecule has 0 aromatic heterocycles. The fourth-order valence-electron chi connectivity index (χ4n) is 0.792. The molecule has 0 saturated heterocycles. The number of carboxylic acid groups (broad SMARTS) is 1. The maximum Gasteiger partial charge on any atom is 0.326 e. The minimum atomic E-state index is -0.969. The summed E-state index contributed by atoms with van der Waals surface area (Å²) >= 11 is 1.66. The average Bonchev–Trinajstić information content (AvgIpc) is 2.03. The van der Waals surface area contributed by atoms with E-state index in [2.05, 4.69) is 5.32 Å². The molecule has 5 heteroatoms. The van der Waals surface area contributed by atoms with Gasteiger partial charge in [-0.2, -0.15) is 11.8 Å². The lowest BCUT2D eigenvalue weighted by Gasteiger charge is -2.09. The van der Waals surface area contributed by atoms with Gasteiger partial charge in [-0.25, -0.2) is 4.79 Å². The molecule has 1 amide bonds. The largest absolute Gasteiger partial charge is 0.480 e. The number of carbonyl (C=O) groups excluding carboxylic acids is 1. The summed E-state index contributed by atoms with van der Waals surface area (Å²) in [6.45, 7) is 0. The average molecular weight is 191 g/mol. The van der Waals surface area contributed by atoms with Gasteiger partial charge in [0.1, 0.15) is 6.04 Å². The molecule has 0 heterocycles. The normalized spacial score (nSPS) is 12.1. The highest BCUT2D eigenvalue weighted by atomic mass is 32.2. The Hall–Kier alpha value is -0.710. The standard InChI is InChI=1S/C7H13NO3S/c1-12-4-2-3-6(7(10)11)8-5-9/h5-6H,2-4H2,1H3,(H,8,9)(H,10,11)/t6-/m0/s1. The quantitative estimate of drug-likeness (QED) is 0.449. The molecule has 0 fully saturated rings. The molecule has 0 aliphatic rings. The molecule has 0 aliphatic carbocycles. The first-order chi connectivity index (χ1) is 5.72. The Labute approximate surface area is 75.7 Å². The van der Waals surface area contributed by atoms with E-state index in [0.29, 0.717) is 12.8 Å². The Morgan fingerprint density at radius 1 is 1.75 bits per heavy atom. The van der Waals surface area contributed by atoms with Gasteiger partial charge in [-0.05, 0) is 24.9 Å². The smallest absolute Gasteiger partial charge is 0.326 e. The van der Waals surface area contributed by atoms with Crippen molar-refractivity contribution in [3.63, 3.8) is 0 Å². The summed E-state index contributed by atoms with van der Waals surface area (Å²) in [7, 11) is 0. The highest BCUT2D eigenvalue weighted by Gasteiger charge is 2.14. The summed E-state index contributed by atoms with van der Waals surface area (Å²) in [6, 6.07) is -0.727. The molecule has 0 bridgehead atoms. The summed E-state index contributed by atoms with van der Waals surface area (Å²) in [5.74, 6) is -0.0483. The van der Waals surface area contributed by atoms with Crippen molar-refractivity contribution in [3.05, 3.63) is 0 Å². The fraction of sp³-hybridized carbons (Fsp3) is 0.714. The van der Waals surface area contributed by atoms with Crippen molar-refractivity contribution in [2.24, 2.45) is 0 Å². The van der Waals surface area contributed by atoms with Crippen molar-refractivity contribution >= 4 is 24.1 Å². The Bertz CT molecular complexity index is 152. The van der Waals surface area contributed by atoms with E-state index in [9.17, 15) is 9.59 Å². The predicted octanol–water partition coefficient (Wildman–Crippen LogP) is 0.329. The van der Waals surface area contributed by atoms with Crippen LogP contribution in [0.5, 0.6) is 0 Å². The van der Waals surface area contributed by atoms with Gasteiger partial charge in [0.25, 0.3) is 0 Å². The Morgan fingerprint density at radius 2 is 2.42 bits per heavy atom. The molecule has 0 aliphatic heterocycles. The van der Waals surface area contributed by atoms with Gasteiger partial charge in [0, 0.05) is 0 Å². The number of hydrogen-bond acceptors (Lipinski definition) is 3. The van der Waals surface area contributed by atoms with Crippen LogP contribution in [0.2, 0.25) is 0 Å². The number of rotatable bonds is 7. The maximum atomic E-state index is 10.5. The maximum absolute atomic E-state index is 10.5. The van der Waals surface area contributed by atoms with Crippen molar-refractivity contribution in [1.82, 2.24) is 5.32 Å². The van der Waals surface area contributed by atoms with Crippen molar-refractivity contribution < 1.29 is 14.7 Å². The summed E-state index contributed by atoms with van der Waals surface area (Å²) < 4.78 is 0. The van der Waals surface area contributed by atoms with E-state index in [1.54, 1.807) is 11.8 Å². The molecular weight excluding hydrogens is 178 g/mol. The van der Waals surface area contributed by atoms with E-state index in [4.69, 9.17) is 5.11 Å². The number of carbonyl (C=O) groups is 2. The number of carboxylic acids is 1. The fourth-order valence-corrected chi connectivity index (χ4v) is 1.25. The van der Waals surface area contributed by atoms with Gasteiger partial charge in [-0.1, -0.05) is 0 Å². The van der Waals surface area contributed by atoms with Crippen LogP contribution in [-0.4, -0.2) is 35.5 Å². The van der Waals surface area contributed by atoms with E-state index in [1.165, 1.54) is 0 Å². The molecule has 2 N–H and O–H groups in total. The third-order valence-corrected chi connectivity index (χ3v) is 2.11. The zero-order valence-electron chi connectivity index (χ0n) is 6.95. The molecule has 0 aromatic carbocycles. The van der Waals surface area contributed by atoms with Crippen LogP contribution in [0.4, 0.5) is 0 Å². The summed E-state index contributed by atoms with van der Waals surface area (Å²) in [5.41, 5.74) is 0. The molecule has 1 atom stereocenters. The summed E-state index contributed by atoms with van der Waals surface area (Å²) in [5, 5.41) is 10.8. The van der Waals surface area contributed by atoms with Gasteiger partial charge in [0.15, 0.2) is 0 Å². The third kappa shape index (κ3) is 5.01. The van der Waals surface area contributed by atoms with Gasteiger partial charge >= 0.3 is 5.97 Å².